The predicted octanol–water partition coefficient (Wildman–Crippen LogP) is 5.33. The summed E-state index contributed by atoms with van der Waals surface area (Å²) in [6, 6.07) is 13.1. The van der Waals surface area contributed by atoms with Crippen molar-refractivity contribution >= 4 is 41.2 Å². The van der Waals surface area contributed by atoms with E-state index >= 15 is 0 Å². The Bertz CT molecular complexity index is 1590. The Morgan fingerprint density at radius 3 is 1.55 bits per heavy atom. The number of rotatable bonds is 19. The van der Waals surface area contributed by atoms with Crippen LogP contribution >= 0.6 is 0 Å². The molecule has 0 saturated heterocycles. The average molecular weight is 706 g/mol. The van der Waals surface area contributed by atoms with Crippen LogP contribution in [0.4, 0.5) is 16.2 Å². The van der Waals surface area contributed by atoms with Crippen molar-refractivity contribution in [1.29, 1.82) is 0 Å². The fourth-order valence-electron chi connectivity index (χ4n) is 5.69. The first-order chi connectivity index (χ1) is 24.6. The highest BCUT2D eigenvalue weighted by Crippen LogP contribution is 2.47. The van der Waals surface area contributed by atoms with E-state index in [4.69, 9.17) is 9.57 Å². The van der Waals surface area contributed by atoms with Crippen molar-refractivity contribution in [3.63, 3.8) is 0 Å². The van der Waals surface area contributed by atoms with Crippen LogP contribution in [0.25, 0.3) is 11.1 Å². The molecule has 1 aliphatic carbocycles. The molecule has 0 saturated carbocycles. The summed E-state index contributed by atoms with van der Waals surface area (Å²) in [6.45, 7) is 5.11. The molecule has 2 aromatic carbocycles. The molecule has 0 radical (unpaired) electrons. The Hall–Kier alpha value is -5.53. The highest BCUT2D eigenvalue weighted by Gasteiger charge is 2.31. The molecule has 14 nitrogen and oxygen atoms in total. The first-order valence-corrected chi connectivity index (χ1v) is 17.5. The Morgan fingerprint density at radius 1 is 0.647 bits per heavy atom. The summed E-state index contributed by atoms with van der Waals surface area (Å²) in [5, 5.41) is 31.1. The molecule has 1 aliphatic rings. The second kappa shape index (κ2) is 19.0. The van der Waals surface area contributed by atoms with Gasteiger partial charge in [-0.3, -0.25) is 24.0 Å². The number of carbonyl (C=O) groups is 5. The van der Waals surface area contributed by atoms with Crippen LogP contribution in [0.5, 0.6) is 11.8 Å². The Balaban J connectivity index is 1.44. The van der Waals surface area contributed by atoms with Crippen LogP contribution < -0.4 is 26.1 Å². The smallest absolute Gasteiger partial charge is 0.492 e. The van der Waals surface area contributed by atoms with Crippen molar-refractivity contribution in [2.24, 2.45) is 0 Å². The minimum Gasteiger partial charge on any atom is -0.492 e. The fraction of sp³-hybridized carbons (Fsp3) is 0.432. The van der Waals surface area contributed by atoms with Crippen molar-refractivity contribution in [2.75, 3.05) is 30.3 Å². The van der Waals surface area contributed by atoms with Gasteiger partial charge in [0.05, 0.1) is 0 Å². The minimum atomic E-state index is -1.18. The van der Waals surface area contributed by atoms with Gasteiger partial charge >= 0.3 is 6.16 Å². The second-order valence-electron chi connectivity index (χ2n) is 12.4. The Labute approximate surface area is 296 Å². The molecule has 0 atom stereocenters. The standard InChI is InChI=1S/C37H47N5O9/c1-3-5-19-38-31(43)9-7-11-33(45)40-24-13-15-26-27-16-14-25(41-34(46)12-8-10-32(44)39-20-6-4-2)22-29(27)30(28(26)21-24)23-50-37(49)51-42-35(47)17-18-36(42)48/h13-18,21-22,30,47-48H,3-12,19-20,23H2,1-2H3,(H,38,43)(H,39,44)(H,40,45)(H,41,46). The van der Waals surface area contributed by atoms with Crippen molar-refractivity contribution < 1.29 is 43.8 Å². The molecule has 0 fully saturated rings. The summed E-state index contributed by atoms with van der Waals surface area (Å²) in [5.41, 5.74) is 4.19. The van der Waals surface area contributed by atoms with Gasteiger partial charge in [-0.2, -0.15) is 0 Å². The minimum absolute atomic E-state index is 0.0871. The van der Waals surface area contributed by atoms with Gasteiger partial charge in [0.2, 0.25) is 35.4 Å². The lowest BCUT2D eigenvalue weighted by Gasteiger charge is -2.16. The molecular weight excluding hydrogens is 658 g/mol. The summed E-state index contributed by atoms with van der Waals surface area (Å²) in [6.07, 6.45) is 4.18. The van der Waals surface area contributed by atoms with E-state index in [1.165, 1.54) is 0 Å². The van der Waals surface area contributed by atoms with E-state index in [1.807, 2.05) is 26.0 Å². The highest BCUT2D eigenvalue weighted by molar-refractivity contribution is 5.94. The number of amides is 4. The molecule has 51 heavy (non-hydrogen) atoms. The van der Waals surface area contributed by atoms with Gasteiger partial charge in [0, 0.05) is 68.2 Å². The van der Waals surface area contributed by atoms with E-state index in [2.05, 4.69) is 21.3 Å². The summed E-state index contributed by atoms with van der Waals surface area (Å²) in [4.78, 5) is 67.1. The van der Waals surface area contributed by atoms with E-state index < -0.39 is 23.8 Å². The summed E-state index contributed by atoms with van der Waals surface area (Å²) < 4.78 is 5.95. The molecule has 6 N–H and O–H groups in total. The van der Waals surface area contributed by atoms with Gasteiger partial charge in [-0.25, -0.2) is 4.79 Å². The maximum atomic E-state index is 12.8. The third-order valence-corrected chi connectivity index (χ3v) is 8.36. The number of aromatic nitrogens is 1. The predicted molar refractivity (Wildman–Crippen MR) is 190 cm³/mol. The van der Waals surface area contributed by atoms with Gasteiger partial charge in [0.15, 0.2) is 0 Å². The van der Waals surface area contributed by atoms with E-state index in [-0.39, 0.29) is 55.9 Å². The normalized spacial score (nSPS) is 11.6. The topological polar surface area (TPSA) is 197 Å². The van der Waals surface area contributed by atoms with Crippen LogP contribution in [0, 0.1) is 0 Å². The zero-order chi connectivity index (χ0) is 36.8. The number of hydrogen-bond donors (Lipinski definition) is 6. The molecule has 1 heterocycles. The van der Waals surface area contributed by atoms with Gasteiger partial charge < -0.3 is 36.2 Å². The number of fused-ring (bicyclic) bond motifs is 3. The molecule has 274 valence electrons. The molecule has 0 bridgehead atoms. The van der Waals surface area contributed by atoms with Gasteiger partial charge in [0.1, 0.15) is 6.61 Å². The monoisotopic (exact) mass is 705 g/mol. The van der Waals surface area contributed by atoms with Crippen LogP contribution in [0.15, 0.2) is 48.5 Å². The molecular formula is C37H47N5O9. The zero-order valence-corrected chi connectivity index (χ0v) is 29.1. The van der Waals surface area contributed by atoms with E-state index in [9.17, 15) is 34.2 Å². The number of hydrogen-bond acceptors (Lipinski definition) is 9. The number of nitrogens with zero attached hydrogens (tertiary/aromatic N) is 1. The van der Waals surface area contributed by atoms with Crippen LogP contribution in [0.2, 0.25) is 0 Å². The molecule has 14 heteroatoms. The number of anilines is 2. The first-order valence-electron chi connectivity index (χ1n) is 17.5. The SMILES string of the molecule is CCCCNC(=O)CCCC(=O)Nc1ccc2c(c1)C(COC(=O)On1c(O)ccc1O)c1cc(NC(=O)CCCC(=O)NCCCC)ccc1-2. The molecule has 0 unspecified atom stereocenters. The zero-order valence-electron chi connectivity index (χ0n) is 29.1. The van der Waals surface area contributed by atoms with E-state index in [0.717, 1.165) is 60.1 Å². The summed E-state index contributed by atoms with van der Waals surface area (Å²) in [7, 11) is 0. The number of nitrogens with one attached hydrogen (secondary N) is 4. The van der Waals surface area contributed by atoms with Crippen LogP contribution in [0.1, 0.15) is 95.1 Å². The Kier molecular flexibility index (Phi) is 14.3. The van der Waals surface area contributed by atoms with E-state index in [0.29, 0.717) is 42.0 Å². The van der Waals surface area contributed by atoms with Crippen molar-refractivity contribution in [2.45, 2.75) is 84.0 Å². The van der Waals surface area contributed by atoms with Gasteiger partial charge in [-0.1, -0.05) is 38.8 Å². The molecule has 0 aliphatic heterocycles. The van der Waals surface area contributed by atoms with Gasteiger partial charge in [-0.15, -0.1) is 4.73 Å². The Morgan fingerprint density at radius 2 is 1.10 bits per heavy atom. The maximum Gasteiger partial charge on any atom is 0.534 e. The molecule has 4 rings (SSSR count). The van der Waals surface area contributed by atoms with Crippen LogP contribution in [-0.2, 0) is 23.9 Å². The maximum absolute atomic E-state index is 12.8. The van der Waals surface area contributed by atoms with Crippen LogP contribution in [-0.4, -0.2) is 64.4 Å². The molecule has 0 spiro atoms. The largest absolute Gasteiger partial charge is 0.534 e. The number of aromatic hydroxyl groups is 2. The van der Waals surface area contributed by atoms with Crippen molar-refractivity contribution in [3.05, 3.63) is 59.7 Å². The number of benzene rings is 2. The quantitative estimate of drug-likeness (QED) is 0.0706. The lowest BCUT2D eigenvalue weighted by molar-refractivity contribution is -0.122. The highest BCUT2D eigenvalue weighted by atomic mass is 16.8. The summed E-state index contributed by atoms with van der Waals surface area (Å²) >= 11 is 0. The van der Waals surface area contributed by atoms with Crippen molar-refractivity contribution in [1.82, 2.24) is 15.4 Å². The third-order valence-electron chi connectivity index (χ3n) is 8.36. The van der Waals surface area contributed by atoms with E-state index in [1.54, 1.807) is 24.3 Å². The number of ether oxygens (including phenoxy) is 1. The fourth-order valence-corrected chi connectivity index (χ4v) is 5.69. The lowest BCUT2D eigenvalue weighted by Crippen LogP contribution is -2.24. The molecule has 1 aromatic heterocycles. The first kappa shape index (κ1) is 38.3. The summed E-state index contributed by atoms with van der Waals surface area (Å²) in [5.74, 6) is -2.23. The number of carbonyl (C=O) groups excluding carboxylic acids is 5. The third kappa shape index (κ3) is 11.2. The molecule has 4 amide bonds. The van der Waals surface area contributed by atoms with Gasteiger partial charge in [-0.05, 0) is 72.2 Å². The second-order valence-corrected chi connectivity index (χ2v) is 12.4. The number of unbranched alkanes of at least 4 members (excludes halogenated alkanes) is 2. The van der Waals surface area contributed by atoms with Crippen LogP contribution in [0.3, 0.4) is 0 Å². The van der Waals surface area contributed by atoms with Crippen molar-refractivity contribution in [3.8, 4) is 22.9 Å². The lowest BCUT2D eigenvalue weighted by atomic mass is 9.97. The average Bonchev–Trinajstić information content (AvgIpc) is 3.57. The molecule has 3 aromatic rings. The van der Waals surface area contributed by atoms with Gasteiger partial charge in [0.25, 0.3) is 0 Å².